The van der Waals surface area contributed by atoms with Crippen LogP contribution in [-0.2, 0) is 19.2 Å². The van der Waals surface area contributed by atoms with Crippen LogP contribution in [0.4, 0.5) is 0 Å². The molecule has 0 rings (SSSR count). The van der Waals surface area contributed by atoms with Gasteiger partial charge in [-0.15, -0.1) is 0 Å². The van der Waals surface area contributed by atoms with Crippen LogP contribution < -0.4 is 0 Å². The van der Waals surface area contributed by atoms with E-state index in [1.165, 1.54) is 13.8 Å². The Morgan fingerprint density at radius 1 is 0.727 bits per heavy atom. The summed E-state index contributed by atoms with van der Waals surface area (Å²) in [5, 5.41) is 55.7. The van der Waals surface area contributed by atoms with Crippen LogP contribution in [0.25, 0.3) is 0 Å². The van der Waals surface area contributed by atoms with Gasteiger partial charge in [0.2, 0.25) is 0 Å². The van der Waals surface area contributed by atoms with E-state index >= 15 is 0 Å². The second kappa shape index (κ2) is 16.4. The molecule has 0 aliphatic heterocycles. The Labute approximate surface area is 154 Å². The van der Waals surface area contributed by atoms with E-state index in [4.69, 9.17) is 35.7 Å². The van der Waals surface area contributed by atoms with E-state index in [0.29, 0.717) is 0 Å². The Hall–Kier alpha value is -0.980. The van der Waals surface area contributed by atoms with Crippen LogP contribution in [0, 0.1) is 0 Å². The molecule has 0 heterocycles. The van der Waals surface area contributed by atoms with E-state index in [0.717, 1.165) is 0 Å². The Balaban J connectivity index is -0.000000112. The monoisotopic (exact) mass is 354 g/mol. The second-order valence-corrected chi connectivity index (χ2v) is 3.48. The minimum Gasteiger partial charge on any atom is -0.481 e. The van der Waals surface area contributed by atoms with E-state index in [-0.39, 0.29) is 37.7 Å². The molecule has 0 saturated carbocycles. The molecule has 22 heavy (non-hydrogen) atoms. The standard InChI is InChI=1S/C4H6O5.2C3H6O3.Ca/c5-2(4(8)9)1-3(6)7;2*1-2(4)3(5)6;/h2,5H,1H2,(H,6,7)(H,8,9);2*2,4H,1H3,(H,5,6);/q;;;+2. The minimum absolute atomic E-state index is 0. The van der Waals surface area contributed by atoms with Crippen molar-refractivity contribution >= 4 is 61.6 Å². The van der Waals surface area contributed by atoms with Crippen molar-refractivity contribution < 1.29 is 54.9 Å². The van der Waals surface area contributed by atoms with Crippen molar-refractivity contribution in [2.24, 2.45) is 0 Å². The third-order valence-electron chi connectivity index (χ3n) is 1.37. The molecule has 124 valence electrons. The van der Waals surface area contributed by atoms with E-state index in [1.807, 2.05) is 0 Å². The number of aliphatic carboxylic acids is 4. The van der Waals surface area contributed by atoms with Crippen molar-refractivity contribution in [3.05, 3.63) is 0 Å². The number of rotatable bonds is 5. The summed E-state index contributed by atoms with van der Waals surface area (Å²) in [6.07, 6.45) is -5.01. The van der Waals surface area contributed by atoms with Crippen molar-refractivity contribution in [3.8, 4) is 0 Å². The zero-order chi connectivity index (χ0) is 17.7. The normalized spacial score (nSPS) is 12.6. The fourth-order valence-corrected chi connectivity index (χ4v) is 0.253. The molecule has 3 unspecified atom stereocenters. The Morgan fingerprint density at radius 2 is 0.955 bits per heavy atom. The molecular weight excluding hydrogens is 336 g/mol. The molecule has 0 fully saturated rings. The van der Waals surface area contributed by atoms with Crippen LogP contribution >= 0.6 is 0 Å². The van der Waals surface area contributed by atoms with Crippen LogP contribution in [0.3, 0.4) is 0 Å². The van der Waals surface area contributed by atoms with Gasteiger partial charge in [-0.25, -0.2) is 14.4 Å². The smallest absolute Gasteiger partial charge is 0.481 e. The summed E-state index contributed by atoms with van der Waals surface area (Å²) in [6, 6.07) is 0. The third-order valence-corrected chi connectivity index (χ3v) is 1.37. The van der Waals surface area contributed by atoms with Crippen molar-refractivity contribution in [2.75, 3.05) is 0 Å². The SMILES string of the molecule is CC(O)C(=O)O.CC(O)C(=O)O.O=C(O)CC(O)C(=O)O.[Ca+2]. The molecule has 0 saturated heterocycles. The number of carboxylic acid groups (broad SMARTS) is 4. The van der Waals surface area contributed by atoms with Gasteiger partial charge in [-0.05, 0) is 13.8 Å². The maximum atomic E-state index is 9.72. The topological polar surface area (TPSA) is 210 Å². The molecule has 7 N–H and O–H groups in total. The summed E-state index contributed by atoms with van der Waals surface area (Å²) < 4.78 is 0. The van der Waals surface area contributed by atoms with Gasteiger partial charge in [0.05, 0.1) is 6.42 Å². The first-order valence-electron chi connectivity index (χ1n) is 5.27. The summed E-state index contributed by atoms with van der Waals surface area (Å²) in [6.45, 7) is 2.39. The number of aliphatic hydroxyl groups is 3. The first-order chi connectivity index (χ1) is 9.32. The molecule has 0 bridgehead atoms. The van der Waals surface area contributed by atoms with Gasteiger partial charge >= 0.3 is 61.6 Å². The summed E-state index contributed by atoms with van der Waals surface area (Å²) >= 11 is 0. The molecular formula is C10H18CaO11+2. The molecule has 11 nitrogen and oxygen atoms in total. The quantitative estimate of drug-likeness (QED) is 0.255. The maximum absolute atomic E-state index is 9.72. The van der Waals surface area contributed by atoms with Crippen molar-refractivity contribution in [2.45, 2.75) is 38.6 Å². The van der Waals surface area contributed by atoms with Crippen molar-refractivity contribution in [3.63, 3.8) is 0 Å². The van der Waals surface area contributed by atoms with Gasteiger partial charge in [-0.2, -0.15) is 0 Å². The minimum atomic E-state index is -1.79. The molecule has 0 radical (unpaired) electrons. The largest absolute Gasteiger partial charge is 2.00 e. The average molecular weight is 354 g/mol. The van der Waals surface area contributed by atoms with Gasteiger partial charge in [-0.3, -0.25) is 4.79 Å². The van der Waals surface area contributed by atoms with Gasteiger partial charge in [0.1, 0.15) is 12.2 Å². The predicted molar refractivity (Wildman–Crippen MR) is 70.3 cm³/mol. The molecule has 0 aliphatic rings. The molecule has 0 aromatic carbocycles. The molecule has 0 aliphatic carbocycles. The summed E-state index contributed by atoms with van der Waals surface area (Å²) in [4.78, 5) is 38.3. The van der Waals surface area contributed by atoms with Gasteiger partial charge in [0.15, 0.2) is 6.10 Å². The first-order valence-corrected chi connectivity index (χ1v) is 5.27. The Kier molecular flexibility index (Phi) is 21.7. The average Bonchev–Trinajstić information content (AvgIpc) is 2.29. The third kappa shape index (κ3) is 27.4. The van der Waals surface area contributed by atoms with Crippen LogP contribution in [0.5, 0.6) is 0 Å². The molecule has 0 aromatic rings. The van der Waals surface area contributed by atoms with Gasteiger partial charge < -0.3 is 35.7 Å². The van der Waals surface area contributed by atoms with Gasteiger partial charge in [0, 0.05) is 0 Å². The zero-order valence-electron chi connectivity index (χ0n) is 11.9. The molecule has 0 spiro atoms. The molecule has 12 heteroatoms. The summed E-state index contributed by atoms with van der Waals surface area (Å²) in [7, 11) is 0. The van der Waals surface area contributed by atoms with Gasteiger partial charge in [0.25, 0.3) is 0 Å². The van der Waals surface area contributed by atoms with Crippen molar-refractivity contribution in [1.82, 2.24) is 0 Å². The number of hydrogen-bond donors (Lipinski definition) is 7. The molecule has 3 atom stereocenters. The Morgan fingerprint density at radius 3 is 1.00 bits per heavy atom. The van der Waals surface area contributed by atoms with Crippen molar-refractivity contribution in [1.29, 1.82) is 0 Å². The van der Waals surface area contributed by atoms with E-state index in [1.54, 1.807) is 0 Å². The number of carboxylic acids is 4. The predicted octanol–water partition coefficient (Wildman–Crippen LogP) is -2.57. The van der Waals surface area contributed by atoms with E-state index in [2.05, 4.69) is 0 Å². The second-order valence-electron chi connectivity index (χ2n) is 3.48. The Bertz CT molecular complexity index is 335. The number of aliphatic hydroxyl groups excluding tert-OH is 3. The molecule has 0 aromatic heterocycles. The first kappa shape index (κ1) is 29.1. The zero-order valence-corrected chi connectivity index (χ0v) is 14.1. The maximum Gasteiger partial charge on any atom is 2.00 e. The van der Waals surface area contributed by atoms with E-state index in [9.17, 15) is 19.2 Å². The fourth-order valence-electron chi connectivity index (χ4n) is 0.253. The van der Waals surface area contributed by atoms with Crippen LogP contribution in [0.15, 0.2) is 0 Å². The van der Waals surface area contributed by atoms with Crippen LogP contribution in [-0.4, -0.2) is 116 Å². The van der Waals surface area contributed by atoms with Crippen LogP contribution in [0.2, 0.25) is 0 Å². The summed E-state index contributed by atoms with van der Waals surface area (Å²) in [5.41, 5.74) is 0. The molecule has 0 amide bonds. The van der Waals surface area contributed by atoms with Gasteiger partial charge in [-0.1, -0.05) is 0 Å². The van der Waals surface area contributed by atoms with Crippen LogP contribution in [0.1, 0.15) is 20.3 Å². The summed E-state index contributed by atoms with van der Waals surface area (Å²) in [5.74, 6) is -5.22. The van der Waals surface area contributed by atoms with E-state index < -0.39 is 48.6 Å². The number of carbonyl (C=O) groups is 4. The fraction of sp³-hybridized carbons (Fsp3) is 0.600. The number of hydrogen-bond acceptors (Lipinski definition) is 7.